The molecule has 296 valence electrons. The summed E-state index contributed by atoms with van der Waals surface area (Å²) in [5, 5.41) is 11.2. The molecule has 2 saturated carbocycles. The van der Waals surface area contributed by atoms with Crippen LogP contribution < -0.4 is 21.3 Å². The molecular formula is C38H66N6O7S. The summed E-state index contributed by atoms with van der Waals surface area (Å²) in [5.41, 5.74) is -1.62. The van der Waals surface area contributed by atoms with Gasteiger partial charge in [0.25, 0.3) is 5.91 Å². The Bertz CT molecular complexity index is 1490. The van der Waals surface area contributed by atoms with Gasteiger partial charge in [-0.25, -0.2) is 17.5 Å². The lowest BCUT2D eigenvalue weighted by Crippen LogP contribution is -2.63. The van der Waals surface area contributed by atoms with Crippen LogP contribution in [0.15, 0.2) is 12.7 Å². The molecule has 14 heteroatoms. The lowest BCUT2D eigenvalue weighted by molar-refractivity contribution is -0.145. The van der Waals surface area contributed by atoms with Crippen molar-refractivity contribution in [3.8, 4) is 0 Å². The van der Waals surface area contributed by atoms with E-state index in [0.717, 1.165) is 12.8 Å². The fourth-order valence-corrected chi connectivity index (χ4v) is 7.98. The Labute approximate surface area is 312 Å². The minimum Gasteiger partial charge on any atom is -0.346 e. The summed E-state index contributed by atoms with van der Waals surface area (Å²) in [6.07, 6.45) is 5.45. The molecule has 4 N–H and O–H groups in total. The zero-order chi connectivity index (χ0) is 39.8. The van der Waals surface area contributed by atoms with Crippen molar-refractivity contribution in [2.45, 2.75) is 126 Å². The highest BCUT2D eigenvalue weighted by molar-refractivity contribution is 7.88. The van der Waals surface area contributed by atoms with Crippen LogP contribution in [-0.4, -0.2) is 104 Å². The first-order valence-corrected chi connectivity index (χ1v) is 20.5. The maximum atomic E-state index is 14.5. The number of fused-ring (bicyclic) bond motifs is 1. The number of rotatable bonds is 16. The third kappa shape index (κ3) is 11.3. The highest BCUT2D eigenvalue weighted by Gasteiger charge is 2.70. The first-order valence-electron chi connectivity index (χ1n) is 18.7. The highest BCUT2D eigenvalue weighted by atomic mass is 32.2. The van der Waals surface area contributed by atoms with Crippen LogP contribution in [0.1, 0.15) is 102 Å². The predicted octanol–water partition coefficient (Wildman–Crippen LogP) is 3.45. The minimum absolute atomic E-state index is 0.0514. The lowest BCUT2D eigenvalue weighted by Gasteiger charge is -2.39. The molecule has 1 heterocycles. The smallest absolute Gasteiger partial charge is 0.315 e. The molecule has 0 bridgehead atoms. The van der Waals surface area contributed by atoms with Crippen LogP contribution >= 0.6 is 0 Å². The van der Waals surface area contributed by atoms with Gasteiger partial charge in [-0.2, -0.15) is 0 Å². The van der Waals surface area contributed by atoms with Crippen molar-refractivity contribution in [3.63, 3.8) is 0 Å². The number of nitrogens with zero attached hydrogens (tertiary/aromatic N) is 2. The molecule has 5 amide bonds. The molecule has 0 aromatic rings. The molecule has 3 aliphatic rings. The summed E-state index contributed by atoms with van der Waals surface area (Å²) in [6, 6.07) is -4.16. The number of urea groups is 1. The summed E-state index contributed by atoms with van der Waals surface area (Å²) in [5.74, 6) is -2.29. The van der Waals surface area contributed by atoms with Gasteiger partial charge in [0.2, 0.25) is 27.6 Å². The number of amides is 5. The standard InChI is InChI=1S/C38H66N6O7S/c1-14-18-39-32(47)29(45)25(20-23-15-16-23)40-31(46)28-27-24(38(27,11)12)21-44(28)33(48)30(37(8,9)10)42-34(49)41-26(36(5,6)7)22-43(52(13,50)51)19-17-35(2,3)4/h14,23-28,30H,1,15-22H2,2-13H3,(H,39,47)(H,40,46)(H2,41,42,49)/t24-,25?,26+,27-,28-,30+/m0/s1. The molecule has 1 unspecified atom stereocenters. The molecule has 3 fully saturated rings. The summed E-state index contributed by atoms with van der Waals surface area (Å²) in [7, 11) is -3.59. The van der Waals surface area contributed by atoms with Gasteiger partial charge in [-0.05, 0) is 52.3 Å². The fraction of sp³-hybridized carbons (Fsp3) is 0.816. The van der Waals surface area contributed by atoms with Gasteiger partial charge in [0.15, 0.2) is 0 Å². The number of sulfonamides is 1. The van der Waals surface area contributed by atoms with Crippen LogP contribution in [0.5, 0.6) is 0 Å². The number of hydrogen-bond donors (Lipinski definition) is 4. The number of hydrogen-bond acceptors (Lipinski definition) is 7. The Kier molecular flexibility index (Phi) is 13.2. The molecule has 6 atom stereocenters. The number of carbonyl (C=O) groups is 5. The minimum atomic E-state index is -3.59. The Morgan fingerprint density at radius 3 is 2.02 bits per heavy atom. The van der Waals surface area contributed by atoms with E-state index >= 15 is 0 Å². The summed E-state index contributed by atoms with van der Waals surface area (Å²) in [6.45, 7) is 25.8. The van der Waals surface area contributed by atoms with E-state index in [1.54, 1.807) is 0 Å². The van der Waals surface area contributed by atoms with Crippen LogP contribution in [-0.2, 0) is 29.2 Å². The van der Waals surface area contributed by atoms with Crippen LogP contribution in [0.3, 0.4) is 0 Å². The Balaban J connectivity index is 1.84. The van der Waals surface area contributed by atoms with Crippen LogP contribution in [0.25, 0.3) is 0 Å². The van der Waals surface area contributed by atoms with E-state index in [4.69, 9.17) is 0 Å². The zero-order valence-electron chi connectivity index (χ0n) is 33.6. The quantitative estimate of drug-likeness (QED) is 0.138. The van der Waals surface area contributed by atoms with Crippen molar-refractivity contribution in [3.05, 3.63) is 12.7 Å². The van der Waals surface area contributed by atoms with Crippen molar-refractivity contribution in [1.82, 2.24) is 30.5 Å². The average molecular weight is 751 g/mol. The van der Waals surface area contributed by atoms with E-state index in [0.29, 0.717) is 25.9 Å². The van der Waals surface area contributed by atoms with E-state index in [1.165, 1.54) is 21.5 Å². The Morgan fingerprint density at radius 2 is 1.54 bits per heavy atom. The van der Waals surface area contributed by atoms with Crippen molar-refractivity contribution in [2.75, 3.05) is 32.4 Å². The summed E-state index contributed by atoms with van der Waals surface area (Å²) >= 11 is 0. The highest BCUT2D eigenvalue weighted by Crippen LogP contribution is 2.65. The molecule has 0 radical (unpaired) electrons. The van der Waals surface area contributed by atoms with Crippen molar-refractivity contribution < 1.29 is 32.4 Å². The summed E-state index contributed by atoms with van der Waals surface area (Å²) < 4.78 is 27.0. The SMILES string of the molecule is C=CCNC(=O)C(=O)C(CC1CC1)NC(=O)[C@@H]1[C@@H]2[C@H](CN1C(=O)[C@@H](NC(=O)N[C@H](CN(CCC(C)(C)C)S(C)(=O)=O)C(C)(C)C)C(C)(C)C)C2(C)C. The number of piperidine rings is 1. The second kappa shape index (κ2) is 15.8. The zero-order valence-corrected chi connectivity index (χ0v) is 34.5. The van der Waals surface area contributed by atoms with E-state index in [1.807, 2.05) is 62.3 Å². The number of Topliss-reactive ketones (excluding diaryl/α,β-unsaturated/α-hetero) is 1. The monoisotopic (exact) mass is 750 g/mol. The molecule has 2 aliphatic carbocycles. The van der Waals surface area contributed by atoms with Gasteiger partial charge in [-0.15, -0.1) is 6.58 Å². The van der Waals surface area contributed by atoms with Gasteiger partial charge < -0.3 is 26.2 Å². The average Bonchev–Trinajstić information content (AvgIpc) is 3.84. The molecule has 0 spiro atoms. The fourth-order valence-electron chi connectivity index (χ4n) is 7.14. The van der Waals surface area contributed by atoms with Crippen LogP contribution in [0.2, 0.25) is 0 Å². The van der Waals surface area contributed by atoms with Crippen molar-refractivity contribution in [2.24, 2.45) is 39.4 Å². The third-order valence-corrected chi connectivity index (χ3v) is 12.3. The topological polar surface area (TPSA) is 174 Å². The normalized spacial score (nSPS) is 23.2. The van der Waals surface area contributed by atoms with Gasteiger partial charge in [0, 0.05) is 32.2 Å². The van der Waals surface area contributed by atoms with E-state index < -0.39 is 74.6 Å². The van der Waals surface area contributed by atoms with Gasteiger partial charge in [0.05, 0.1) is 12.3 Å². The maximum Gasteiger partial charge on any atom is 0.315 e. The van der Waals surface area contributed by atoms with Gasteiger partial charge in [-0.1, -0.05) is 95.1 Å². The Hall–Kier alpha value is -3.00. The van der Waals surface area contributed by atoms with Gasteiger partial charge >= 0.3 is 6.03 Å². The van der Waals surface area contributed by atoms with Crippen LogP contribution in [0, 0.1) is 39.4 Å². The summed E-state index contributed by atoms with van der Waals surface area (Å²) in [4.78, 5) is 69.7. The second-order valence-corrected chi connectivity index (χ2v) is 21.2. The molecular weight excluding hydrogens is 685 g/mol. The van der Waals surface area contributed by atoms with Crippen molar-refractivity contribution in [1.29, 1.82) is 0 Å². The third-order valence-electron chi connectivity index (χ3n) is 11.0. The second-order valence-electron chi connectivity index (χ2n) is 19.3. The molecule has 52 heavy (non-hydrogen) atoms. The van der Waals surface area contributed by atoms with E-state index in [9.17, 15) is 32.4 Å². The lowest BCUT2D eigenvalue weighted by atomic mass is 9.85. The number of carbonyl (C=O) groups excluding carboxylic acids is 5. The maximum absolute atomic E-state index is 14.5. The number of ketones is 1. The van der Waals surface area contributed by atoms with Gasteiger partial charge in [0.1, 0.15) is 12.1 Å². The van der Waals surface area contributed by atoms with E-state index in [-0.39, 0.29) is 41.7 Å². The number of likely N-dealkylation sites (tertiary alicyclic amines) is 1. The van der Waals surface area contributed by atoms with E-state index in [2.05, 4.69) is 41.7 Å². The van der Waals surface area contributed by atoms with Crippen molar-refractivity contribution >= 4 is 39.6 Å². The largest absolute Gasteiger partial charge is 0.346 e. The first kappa shape index (κ1) is 43.4. The molecule has 1 saturated heterocycles. The van der Waals surface area contributed by atoms with Crippen LogP contribution in [0.4, 0.5) is 4.79 Å². The first-order chi connectivity index (χ1) is 23.6. The number of nitrogens with one attached hydrogen (secondary N) is 4. The van der Waals surface area contributed by atoms with Gasteiger partial charge in [-0.3, -0.25) is 19.2 Å². The molecule has 13 nitrogen and oxygen atoms in total. The molecule has 3 rings (SSSR count). The molecule has 1 aliphatic heterocycles. The predicted molar refractivity (Wildman–Crippen MR) is 202 cm³/mol. The Morgan fingerprint density at radius 1 is 0.942 bits per heavy atom. The molecule has 0 aromatic heterocycles. The molecule has 0 aromatic carbocycles.